The van der Waals surface area contributed by atoms with Crippen LogP contribution in [0.2, 0.25) is 0 Å². The summed E-state index contributed by atoms with van der Waals surface area (Å²) in [7, 11) is -3.91. The van der Waals surface area contributed by atoms with Crippen LogP contribution in [0.5, 0.6) is 0 Å². The molecule has 26 heavy (non-hydrogen) atoms. The molecule has 2 heterocycles. The van der Waals surface area contributed by atoms with Crippen molar-refractivity contribution >= 4 is 27.0 Å². The van der Waals surface area contributed by atoms with E-state index in [0.29, 0.717) is 12.2 Å². The van der Waals surface area contributed by atoms with Crippen LogP contribution in [0.15, 0.2) is 69.5 Å². The van der Waals surface area contributed by atoms with Crippen molar-refractivity contribution in [2.45, 2.75) is 17.9 Å². The summed E-state index contributed by atoms with van der Waals surface area (Å²) < 4.78 is 32.7. The van der Waals surface area contributed by atoms with E-state index in [4.69, 9.17) is 4.42 Å². The third-order valence-electron chi connectivity index (χ3n) is 3.77. The van der Waals surface area contributed by atoms with Gasteiger partial charge in [0.25, 0.3) is 5.69 Å². The summed E-state index contributed by atoms with van der Waals surface area (Å²) in [4.78, 5) is 11.3. The molecule has 2 aromatic heterocycles. The molecule has 0 saturated carbocycles. The van der Waals surface area contributed by atoms with Crippen LogP contribution in [0.4, 0.5) is 5.69 Å². The lowest BCUT2D eigenvalue weighted by Gasteiger charge is -2.21. The van der Waals surface area contributed by atoms with Crippen molar-refractivity contribution in [3.05, 3.63) is 80.9 Å². The minimum atomic E-state index is -3.91. The van der Waals surface area contributed by atoms with E-state index in [-0.39, 0.29) is 23.7 Å². The molecular formula is C17H16N2O5S2. The Morgan fingerprint density at radius 3 is 2.65 bits per heavy atom. The number of non-ortho nitro benzene ring substituents is 1. The summed E-state index contributed by atoms with van der Waals surface area (Å²) in [5.74, 6) is 0.505. The lowest BCUT2D eigenvalue weighted by molar-refractivity contribution is -0.385. The molecule has 0 bridgehead atoms. The summed E-state index contributed by atoms with van der Waals surface area (Å²) in [5.41, 5.74) is -0.262. The lowest BCUT2D eigenvalue weighted by atomic mass is 10.3. The largest absolute Gasteiger partial charge is 0.468 e. The Labute approximate surface area is 154 Å². The van der Waals surface area contributed by atoms with Crippen LogP contribution in [0.1, 0.15) is 10.6 Å². The first kappa shape index (κ1) is 18.3. The van der Waals surface area contributed by atoms with Gasteiger partial charge in [-0.3, -0.25) is 10.1 Å². The number of rotatable bonds is 8. The standard InChI is InChI=1S/C17H16N2O5S2/c20-19(21)14-4-1-7-17(12-14)26(22,23)18(13-15-5-2-10-24-15)9-8-16-6-3-11-25-16/h1-7,10-12H,8-9,13H2. The highest BCUT2D eigenvalue weighted by molar-refractivity contribution is 7.89. The van der Waals surface area contributed by atoms with Gasteiger partial charge < -0.3 is 4.42 Å². The number of benzene rings is 1. The second-order valence-corrected chi connectivity index (χ2v) is 8.47. The summed E-state index contributed by atoms with van der Waals surface area (Å²) in [6.07, 6.45) is 2.03. The quantitative estimate of drug-likeness (QED) is 0.430. The molecule has 3 aromatic rings. The Bertz CT molecular complexity index is 967. The summed E-state index contributed by atoms with van der Waals surface area (Å²) in [6.45, 7) is 0.301. The Morgan fingerprint density at radius 2 is 2.00 bits per heavy atom. The predicted molar refractivity (Wildman–Crippen MR) is 97.4 cm³/mol. The van der Waals surface area contributed by atoms with E-state index in [1.165, 1.54) is 28.8 Å². The average Bonchev–Trinajstić information content (AvgIpc) is 3.32. The zero-order valence-corrected chi connectivity index (χ0v) is 15.3. The molecule has 0 fully saturated rings. The number of sulfonamides is 1. The zero-order valence-electron chi connectivity index (χ0n) is 13.6. The Kier molecular flexibility index (Phi) is 5.50. The van der Waals surface area contributed by atoms with Crippen LogP contribution in [-0.4, -0.2) is 24.2 Å². The lowest BCUT2D eigenvalue weighted by Crippen LogP contribution is -2.32. The van der Waals surface area contributed by atoms with Crippen molar-refractivity contribution in [2.24, 2.45) is 0 Å². The zero-order chi connectivity index (χ0) is 18.6. The van der Waals surface area contributed by atoms with Gasteiger partial charge in [-0.2, -0.15) is 4.31 Å². The number of hydrogen-bond acceptors (Lipinski definition) is 6. The van der Waals surface area contributed by atoms with Gasteiger partial charge >= 0.3 is 0 Å². The number of nitrogens with zero attached hydrogens (tertiary/aromatic N) is 2. The van der Waals surface area contributed by atoms with Crippen molar-refractivity contribution in [3.63, 3.8) is 0 Å². The molecule has 0 N–H and O–H groups in total. The van der Waals surface area contributed by atoms with E-state index in [1.807, 2.05) is 17.5 Å². The predicted octanol–water partition coefficient (Wildman–Crippen LogP) is 3.68. The smallest absolute Gasteiger partial charge is 0.270 e. The van der Waals surface area contributed by atoms with Gasteiger partial charge in [-0.05, 0) is 36.1 Å². The van der Waals surface area contributed by atoms with E-state index in [2.05, 4.69) is 0 Å². The maximum atomic E-state index is 13.1. The second-order valence-electron chi connectivity index (χ2n) is 5.50. The van der Waals surface area contributed by atoms with Gasteiger partial charge in [0.2, 0.25) is 10.0 Å². The van der Waals surface area contributed by atoms with Gasteiger partial charge in [0.05, 0.1) is 22.6 Å². The minimum absolute atomic E-state index is 0.0589. The molecule has 0 aliphatic carbocycles. The Hall–Kier alpha value is -2.49. The molecule has 0 spiro atoms. The van der Waals surface area contributed by atoms with Crippen LogP contribution in [0.3, 0.4) is 0 Å². The fourth-order valence-corrected chi connectivity index (χ4v) is 4.60. The molecule has 9 heteroatoms. The molecule has 0 aliphatic heterocycles. The number of hydrogen-bond donors (Lipinski definition) is 0. The van der Waals surface area contributed by atoms with Crippen molar-refractivity contribution in [1.29, 1.82) is 0 Å². The number of thiophene rings is 1. The SMILES string of the molecule is O=[N+]([O-])c1cccc(S(=O)(=O)N(CCc2cccs2)Cc2ccco2)c1. The van der Waals surface area contributed by atoms with E-state index < -0.39 is 14.9 Å². The molecule has 0 atom stereocenters. The summed E-state index contributed by atoms with van der Waals surface area (Å²) in [6, 6.07) is 12.3. The summed E-state index contributed by atoms with van der Waals surface area (Å²) in [5, 5.41) is 12.9. The van der Waals surface area contributed by atoms with Gasteiger partial charge in [0.15, 0.2) is 0 Å². The highest BCUT2D eigenvalue weighted by atomic mass is 32.2. The molecule has 1 aromatic carbocycles. The first-order valence-corrected chi connectivity index (χ1v) is 10.1. The van der Waals surface area contributed by atoms with Crippen LogP contribution in [0, 0.1) is 10.1 Å². The summed E-state index contributed by atoms with van der Waals surface area (Å²) >= 11 is 1.55. The molecule has 0 aliphatic rings. The molecule has 3 rings (SSSR count). The molecule has 136 valence electrons. The van der Waals surface area contributed by atoms with Crippen molar-refractivity contribution in [2.75, 3.05) is 6.54 Å². The highest BCUT2D eigenvalue weighted by Gasteiger charge is 2.27. The van der Waals surface area contributed by atoms with E-state index >= 15 is 0 Å². The molecule has 7 nitrogen and oxygen atoms in total. The van der Waals surface area contributed by atoms with Gasteiger partial charge in [-0.15, -0.1) is 11.3 Å². The fraction of sp³-hybridized carbons (Fsp3) is 0.176. The maximum Gasteiger partial charge on any atom is 0.270 e. The first-order valence-electron chi connectivity index (χ1n) is 7.76. The van der Waals surface area contributed by atoms with E-state index in [1.54, 1.807) is 23.5 Å². The minimum Gasteiger partial charge on any atom is -0.468 e. The maximum absolute atomic E-state index is 13.1. The van der Waals surface area contributed by atoms with Gasteiger partial charge in [0, 0.05) is 23.6 Å². The number of furan rings is 1. The fourth-order valence-electron chi connectivity index (χ4n) is 2.46. The molecule has 0 amide bonds. The van der Waals surface area contributed by atoms with E-state index in [9.17, 15) is 18.5 Å². The monoisotopic (exact) mass is 392 g/mol. The first-order chi connectivity index (χ1) is 12.5. The van der Waals surface area contributed by atoms with Crippen molar-refractivity contribution in [3.8, 4) is 0 Å². The third kappa shape index (κ3) is 4.18. The van der Waals surface area contributed by atoms with Crippen LogP contribution < -0.4 is 0 Å². The molecule has 0 unspecified atom stereocenters. The topological polar surface area (TPSA) is 93.7 Å². The number of nitro groups is 1. The van der Waals surface area contributed by atoms with Crippen LogP contribution in [-0.2, 0) is 23.0 Å². The third-order valence-corrected chi connectivity index (χ3v) is 6.54. The molecular weight excluding hydrogens is 376 g/mol. The highest BCUT2D eigenvalue weighted by Crippen LogP contribution is 2.23. The van der Waals surface area contributed by atoms with Gasteiger partial charge in [0.1, 0.15) is 5.76 Å². The number of nitro benzene ring substituents is 1. The second kappa shape index (κ2) is 7.81. The molecule has 0 radical (unpaired) electrons. The van der Waals surface area contributed by atoms with Gasteiger partial charge in [-0.1, -0.05) is 12.1 Å². The molecule has 0 saturated heterocycles. The normalized spacial score (nSPS) is 11.7. The van der Waals surface area contributed by atoms with E-state index in [0.717, 1.165) is 10.9 Å². The average molecular weight is 392 g/mol. The Morgan fingerprint density at radius 1 is 1.15 bits per heavy atom. The Balaban J connectivity index is 1.90. The van der Waals surface area contributed by atoms with Crippen molar-refractivity contribution < 1.29 is 17.8 Å². The van der Waals surface area contributed by atoms with Crippen LogP contribution in [0.25, 0.3) is 0 Å². The van der Waals surface area contributed by atoms with Gasteiger partial charge in [-0.25, -0.2) is 8.42 Å². The van der Waals surface area contributed by atoms with Crippen LogP contribution >= 0.6 is 11.3 Å². The van der Waals surface area contributed by atoms with Crippen molar-refractivity contribution in [1.82, 2.24) is 4.31 Å².